The minimum Gasteiger partial charge on any atom is -0.405 e. The molecule has 124 valence electrons. The van der Waals surface area contributed by atoms with Crippen LogP contribution in [0.1, 0.15) is 24.4 Å². The zero-order chi connectivity index (χ0) is 16.0. The van der Waals surface area contributed by atoms with Crippen LogP contribution in [-0.2, 0) is 0 Å². The maximum Gasteiger partial charge on any atom is 0.573 e. The third-order valence-electron chi connectivity index (χ3n) is 3.73. The Morgan fingerprint density at radius 2 is 1.91 bits per heavy atom. The smallest absolute Gasteiger partial charge is 0.405 e. The lowest BCUT2D eigenvalue weighted by Crippen LogP contribution is -2.45. The lowest BCUT2D eigenvalue weighted by atomic mass is 9.98. The molecule has 0 radical (unpaired) electrons. The Morgan fingerprint density at radius 1 is 1.23 bits per heavy atom. The van der Waals surface area contributed by atoms with Gasteiger partial charge in [0.2, 0.25) is 0 Å². The van der Waals surface area contributed by atoms with Crippen LogP contribution in [0.5, 0.6) is 5.75 Å². The van der Waals surface area contributed by atoms with E-state index in [-0.39, 0.29) is 18.4 Å². The minimum absolute atomic E-state index is 0.0187. The third-order valence-corrected chi connectivity index (χ3v) is 3.73. The normalized spacial score (nSPS) is 18.2. The van der Waals surface area contributed by atoms with Gasteiger partial charge >= 0.3 is 6.36 Å². The molecule has 0 saturated carbocycles. The van der Waals surface area contributed by atoms with E-state index in [2.05, 4.69) is 15.0 Å². The average Bonchev–Trinajstić information content (AvgIpc) is 2.49. The van der Waals surface area contributed by atoms with Gasteiger partial charge in [-0.1, -0.05) is 18.2 Å². The molecule has 0 aromatic heterocycles. The van der Waals surface area contributed by atoms with Crippen molar-refractivity contribution < 1.29 is 23.0 Å². The third kappa shape index (κ3) is 4.86. The van der Waals surface area contributed by atoms with Crippen LogP contribution in [0.4, 0.5) is 13.2 Å². The van der Waals surface area contributed by atoms with Crippen LogP contribution in [0.2, 0.25) is 0 Å². The minimum atomic E-state index is -4.71. The molecule has 1 aromatic carbocycles. The zero-order valence-corrected chi connectivity index (χ0v) is 12.3. The van der Waals surface area contributed by atoms with Crippen LogP contribution >= 0.6 is 0 Å². The van der Waals surface area contributed by atoms with Crippen molar-refractivity contribution in [1.82, 2.24) is 10.2 Å². The van der Waals surface area contributed by atoms with Gasteiger partial charge in [-0.05, 0) is 18.9 Å². The molecule has 0 unspecified atom stereocenters. The van der Waals surface area contributed by atoms with Crippen LogP contribution in [0.15, 0.2) is 24.3 Å². The van der Waals surface area contributed by atoms with E-state index in [0.29, 0.717) is 18.4 Å². The number of piperazine rings is 1. The SMILES string of the molecule is OCCC[C@H](c1ccccc1OC(F)(F)F)N1CCNCC1. The Hall–Kier alpha value is -1.31. The second-order valence-electron chi connectivity index (χ2n) is 5.25. The van der Waals surface area contributed by atoms with Crippen molar-refractivity contribution in [2.24, 2.45) is 0 Å². The van der Waals surface area contributed by atoms with E-state index in [1.165, 1.54) is 12.1 Å². The Labute approximate surface area is 127 Å². The lowest BCUT2D eigenvalue weighted by Gasteiger charge is -2.36. The van der Waals surface area contributed by atoms with E-state index >= 15 is 0 Å². The summed E-state index contributed by atoms with van der Waals surface area (Å²) in [6, 6.07) is 6.08. The molecule has 1 atom stereocenters. The maximum atomic E-state index is 12.6. The molecular formula is C15H21F3N2O2. The Morgan fingerprint density at radius 3 is 2.55 bits per heavy atom. The summed E-state index contributed by atoms with van der Waals surface area (Å²) < 4.78 is 42.0. The van der Waals surface area contributed by atoms with Crippen LogP contribution in [0.3, 0.4) is 0 Å². The van der Waals surface area contributed by atoms with Crippen molar-refractivity contribution in [2.75, 3.05) is 32.8 Å². The molecule has 2 N–H and O–H groups in total. The molecule has 22 heavy (non-hydrogen) atoms. The summed E-state index contributed by atoms with van der Waals surface area (Å²) in [6.07, 6.45) is -3.58. The predicted octanol–water partition coefficient (Wildman–Crippen LogP) is 2.30. The molecule has 0 amide bonds. The van der Waals surface area contributed by atoms with Crippen LogP contribution in [0, 0.1) is 0 Å². The van der Waals surface area contributed by atoms with E-state index in [4.69, 9.17) is 5.11 Å². The zero-order valence-electron chi connectivity index (χ0n) is 12.3. The number of rotatable bonds is 6. The quantitative estimate of drug-likeness (QED) is 0.845. The van der Waals surface area contributed by atoms with Crippen molar-refractivity contribution in [3.05, 3.63) is 29.8 Å². The first-order valence-corrected chi connectivity index (χ1v) is 7.41. The number of nitrogens with zero attached hydrogens (tertiary/aromatic N) is 1. The highest BCUT2D eigenvalue weighted by atomic mass is 19.4. The standard InChI is InChI=1S/C15H21F3N2O2/c16-15(17,18)22-14-6-2-1-4-12(14)13(5-3-11-21)20-9-7-19-8-10-20/h1-2,4,6,13,19,21H,3,5,7-11H2/t13-/m1/s1. The molecule has 0 spiro atoms. The van der Waals surface area contributed by atoms with Gasteiger partial charge in [-0.25, -0.2) is 0 Å². The van der Waals surface area contributed by atoms with Crippen LogP contribution in [0.25, 0.3) is 0 Å². The Balaban J connectivity index is 2.25. The highest BCUT2D eigenvalue weighted by molar-refractivity contribution is 5.36. The summed E-state index contributed by atoms with van der Waals surface area (Å²) >= 11 is 0. The number of ether oxygens (including phenoxy) is 1. The number of hydrogen-bond donors (Lipinski definition) is 2. The number of aliphatic hydroxyl groups is 1. The van der Waals surface area contributed by atoms with Gasteiger partial charge in [-0.2, -0.15) is 0 Å². The largest absolute Gasteiger partial charge is 0.573 e. The first-order valence-electron chi connectivity index (χ1n) is 7.41. The van der Waals surface area contributed by atoms with Gasteiger partial charge in [0.1, 0.15) is 5.75 Å². The number of alkyl halides is 3. The van der Waals surface area contributed by atoms with E-state index in [1.807, 2.05) is 0 Å². The van der Waals surface area contributed by atoms with Crippen molar-refractivity contribution in [3.8, 4) is 5.75 Å². The van der Waals surface area contributed by atoms with Gasteiger partial charge in [0.25, 0.3) is 0 Å². The molecular weight excluding hydrogens is 297 g/mol. The molecule has 1 aliphatic rings. The van der Waals surface area contributed by atoms with E-state index in [9.17, 15) is 13.2 Å². The predicted molar refractivity (Wildman–Crippen MR) is 76.6 cm³/mol. The Kier molecular flexibility index (Phi) is 6.05. The highest BCUT2D eigenvalue weighted by Gasteiger charge is 2.33. The summed E-state index contributed by atoms with van der Waals surface area (Å²) in [4.78, 5) is 2.14. The number of aliphatic hydroxyl groups excluding tert-OH is 1. The van der Waals surface area contributed by atoms with Crippen molar-refractivity contribution >= 4 is 0 Å². The summed E-state index contributed by atoms with van der Waals surface area (Å²) in [7, 11) is 0. The van der Waals surface area contributed by atoms with Crippen LogP contribution < -0.4 is 10.1 Å². The van der Waals surface area contributed by atoms with E-state index < -0.39 is 6.36 Å². The second kappa shape index (κ2) is 7.80. The van der Waals surface area contributed by atoms with Crippen molar-refractivity contribution in [2.45, 2.75) is 25.2 Å². The molecule has 0 bridgehead atoms. The number of nitrogens with one attached hydrogen (secondary N) is 1. The molecule has 7 heteroatoms. The maximum absolute atomic E-state index is 12.6. The summed E-state index contributed by atoms with van der Waals surface area (Å²) in [5.74, 6) is -0.156. The Bertz CT molecular complexity index is 462. The summed E-state index contributed by atoms with van der Waals surface area (Å²) in [5.41, 5.74) is 0.523. The van der Waals surface area contributed by atoms with Gasteiger partial charge in [0.15, 0.2) is 0 Å². The molecule has 4 nitrogen and oxygen atoms in total. The van der Waals surface area contributed by atoms with Gasteiger partial charge in [-0.15, -0.1) is 13.2 Å². The molecule has 0 aliphatic carbocycles. The monoisotopic (exact) mass is 318 g/mol. The van der Waals surface area contributed by atoms with E-state index in [0.717, 1.165) is 26.2 Å². The fraction of sp³-hybridized carbons (Fsp3) is 0.600. The van der Waals surface area contributed by atoms with Crippen molar-refractivity contribution in [3.63, 3.8) is 0 Å². The van der Waals surface area contributed by atoms with Crippen LogP contribution in [-0.4, -0.2) is 49.2 Å². The van der Waals surface area contributed by atoms with E-state index in [1.54, 1.807) is 12.1 Å². The molecule has 1 fully saturated rings. The molecule has 1 saturated heterocycles. The molecule has 1 heterocycles. The fourth-order valence-corrected chi connectivity index (χ4v) is 2.79. The number of benzene rings is 1. The summed E-state index contributed by atoms with van der Waals surface area (Å²) in [5, 5.41) is 12.3. The topological polar surface area (TPSA) is 44.7 Å². The first-order chi connectivity index (χ1) is 10.5. The molecule has 1 aliphatic heterocycles. The first kappa shape index (κ1) is 17.1. The fourth-order valence-electron chi connectivity index (χ4n) is 2.79. The number of para-hydroxylation sites is 1. The van der Waals surface area contributed by atoms with Gasteiger partial charge in [-0.3, -0.25) is 4.90 Å². The number of halogens is 3. The van der Waals surface area contributed by atoms with Gasteiger partial charge in [0, 0.05) is 44.4 Å². The number of hydrogen-bond acceptors (Lipinski definition) is 4. The lowest BCUT2D eigenvalue weighted by molar-refractivity contribution is -0.275. The molecule has 2 rings (SSSR count). The average molecular weight is 318 g/mol. The highest BCUT2D eigenvalue weighted by Crippen LogP contribution is 2.35. The summed E-state index contributed by atoms with van der Waals surface area (Å²) in [6.45, 7) is 3.15. The van der Waals surface area contributed by atoms with Gasteiger partial charge < -0.3 is 15.2 Å². The van der Waals surface area contributed by atoms with Gasteiger partial charge in [0.05, 0.1) is 0 Å². The second-order valence-corrected chi connectivity index (χ2v) is 5.25. The molecule has 1 aromatic rings. The van der Waals surface area contributed by atoms with Crippen molar-refractivity contribution in [1.29, 1.82) is 0 Å².